The van der Waals surface area contributed by atoms with E-state index in [0.717, 1.165) is 59.6 Å². The van der Waals surface area contributed by atoms with E-state index >= 15 is 0 Å². The summed E-state index contributed by atoms with van der Waals surface area (Å²) in [7, 11) is 3.78. The summed E-state index contributed by atoms with van der Waals surface area (Å²) < 4.78 is 23.5. The average molecular weight is 541 g/mol. The zero-order valence-electron chi connectivity index (χ0n) is 23.2. The van der Waals surface area contributed by atoms with Crippen LogP contribution in [0.5, 0.6) is 17.6 Å². The van der Waals surface area contributed by atoms with Crippen molar-refractivity contribution in [2.75, 3.05) is 45.5 Å². The third kappa shape index (κ3) is 5.83. The van der Waals surface area contributed by atoms with Gasteiger partial charge < -0.3 is 28.7 Å². The molecule has 1 saturated heterocycles. The fourth-order valence-electron chi connectivity index (χ4n) is 5.59. The lowest BCUT2D eigenvalue weighted by atomic mass is 10.0. The molecule has 208 valence electrons. The standard InChI is InChI=1S/C32H36N4O4/c1-35-15-8-12-25(35)21-39-32-33-29-19-36(16-14-28(29)31(34-32)38-20-23-9-4-3-5-10-23)30-18-26(40-22-37-2)17-24-11-6-7-13-27(24)30/h3-7,9-11,13,17-18,25H,8,12,14-16,19-22H2,1-2H3/t25-/m0/s1. The molecule has 0 radical (unpaired) electrons. The van der Waals surface area contributed by atoms with Gasteiger partial charge in [-0.05, 0) is 49.9 Å². The van der Waals surface area contributed by atoms with Crippen LogP contribution in [-0.2, 0) is 24.3 Å². The zero-order valence-corrected chi connectivity index (χ0v) is 23.2. The zero-order chi connectivity index (χ0) is 27.3. The molecular weight excluding hydrogens is 504 g/mol. The minimum atomic E-state index is 0.201. The average Bonchev–Trinajstić information content (AvgIpc) is 3.41. The van der Waals surface area contributed by atoms with Gasteiger partial charge in [-0.3, -0.25) is 0 Å². The van der Waals surface area contributed by atoms with E-state index in [9.17, 15) is 0 Å². The van der Waals surface area contributed by atoms with Crippen LogP contribution in [0.3, 0.4) is 0 Å². The maximum absolute atomic E-state index is 6.30. The molecule has 40 heavy (non-hydrogen) atoms. The van der Waals surface area contributed by atoms with E-state index in [1.54, 1.807) is 7.11 Å². The molecular formula is C32H36N4O4. The Morgan fingerprint density at radius 2 is 1.77 bits per heavy atom. The highest BCUT2D eigenvalue weighted by Crippen LogP contribution is 2.36. The van der Waals surface area contributed by atoms with Crippen molar-refractivity contribution in [3.8, 4) is 17.6 Å². The number of hydrogen-bond acceptors (Lipinski definition) is 8. The molecule has 6 rings (SSSR count). The van der Waals surface area contributed by atoms with Gasteiger partial charge in [0.05, 0.1) is 12.2 Å². The van der Waals surface area contributed by atoms with Gasteiger partial charge in [-0.25, -0.2) is 0 Å². The Bertz CT molecular complexity index is 1450. The minimum absolute atomic E-state index is 0.201. The number of ether oxygens (including phenoxy) is 4. The fourth-order valence-corrected chi connectivity index (χ4v) is 5.59. The molecule has 8 heteroatoms. The van der Waals surface area contributed by atoms with Crippen molar-refractivity contribution in [2.24, 2.45) is 0 Å². The molecule has 0 N–H and O–H groups in total. The number of fused-ring (bicyclic) bond motifs is 2. The lowest BCUT2D eigenvalue weighted by Crippen LogP contribution is -2.33. The molecule has 0 saturated carbocycles. The van der Waals surface area contributed by atoms with Crippen LogP contribution in [0.25, 0.3) is 10.8 Å². The summed E-state index contributed by atoms with van der Waals surface area (Å²) in [4.78, 5) is 14.4. The Morgan fingerprint density at radius 1 is 0.925 bits per heavy atom. The fraction of sp³-hybridized carbons (Fsp3) is 0.375. The Labute approximate surface area is 235 Å². The van der Waals surface area contributed by atoms with Crippen LogP contribution in [0.15, 0.2) is 66.7 Å². The topological polar surface area (TPSA) is 69.2 Å². The van der Waals surface area contributed by atoms with Crippen LogP contribution in [0.4, 0.5) is 5.69 Å². The summed E-state index contributed by atoms with van der Waals surface area (Å²) in [5.41, 5.74) is 4.19. The highest BCUT2D eigenvalue weighted by atomic mass is 16.7. The van der Waals surface area contributed by atoms with Crippen molar-refractivity contribution in [1.82, 2.24) is 14.9 Å². The molecule has 1 atom stereocenters. The van der Waals surface area contributed by atoms with E-state index in [2.05, 4.69) is 59.3 Å². The summed E-state index contributed by atoms with van der Waals surface area (Å²) in [6.45, 7) is 3.75. The molecule has 3 aromatic carbocycles. The second kappa shape index (κ2) is 12.1. The first-order chi connectivity index (χ1) is 19.7. The molecule has 3 heterocycles. The quantitative estimate of drug-likeness (QED) is 0.254. The summed E-state index contributed by atoms with van der Waals surface area (Å²) in [6, 6.07) is 23.5. The Kier molecular flexibility index (Phi) is 7.97. The number of likely N-dealkylation sites (tertiary alicyclic amines) is 1. The highest BCUT2D eigenvalue weighted by molar-refractivity contribution is 5.95. The van der Waals surface area contributed by atoms with Crippen LogP contribution >= 0.6 is 0 Å². The van der Waals surface area contributed by atoms with Crippen LogP contribution in [-0.4, -0.2) is 61.6 Å². The van der Waals surface area contributed by atoms with E-state index in [1.807, 2.05) is 24.3 Å². The molecule has 0 bridgehead atoms. The molecule has 0 amide bonds. The first-order valence-corrected chi connectivity index (χ1v) is 14.0. The van der Waals surface area contributed by atoms with E-state index in [-0.39, 0.29) is 6.79 Å². The number of rotatable bonds is 10. The summed E-state index contributed by atoms with van der Waals surface area (Å²) in [5.74, 6) is 1.39. The van der Waals surface area contributed by atoms with Gasteiger partial charge in [0.15, 0.2) is 6.79 Å². The number of methoxy groups -OCH3 is 1. The lowest BCUT2D eigenvalue weighted by molar-refractivity contribution is 0.0512. The Morgan fingerprint density at radius 3 is 2.60 bits per heavy atom. The first-order valence-electron chi connectivity index (χ1n) is 14.0. The SMILES string of the molecule is COCOc1cc(N2CCc3c(nc(OC[C@@H]4CCCN4C)nc3OCc3ccccc3)C2)c2ccccc2c1. The van der Waals surface area contributed by atoms with Crippen LogP contribution in [0.1, 0.15) is 29.7 Å². The number of benzene rings is 3. The van der Waals surface area contributed by atoms with Gasteiger partial charge in [-0.15, -0.1) is 0 Å². The molecule has 0 unspecified atom stereocenters. The predicted molar refractivity (Wildman–Crippen MR) is 155 cm³/mol. The van der Waals surface area contributed by atoms with Gasteiger partial charge in [0, 0.05) is 42.4 Å². The number of aromatic nitrogens is 2. The molecule has 2 aliphatic rings. The second-order valence-corrected chi connectivity index (χ2v) is 10.5. The molecule has 0 aliphatic carbocycles. The van der Waals surface area contributed by atoms with Crippen molar-refractivity contribution in [3.63, 3.8) is 0 Å². The number of hydrogen-bond donors (Lipinski definition) is 0. The number of anilines is 1. The molecule has 8 nitrogen and oxygen atoms in total. The van der Waals surface area contributed by atoms with Gasteiger partial charge in [0.1, 0.15) is 19.0 Å². The smallest absolute Gasteiger partial charge is 0.320 e. The molecule has 1 aromatic heterocycles. The molecule has 1 fully saturated rings. The van der Waals surface area contributed by atoms with Crippen molar-refractivity contribution in [1.29, 1.82) is 0 Å². The Balaban J connectivity index is 1.30. The molecule has 4 aromatic rings. The summed E-state index contributed by atoms with van der Waals surface area (Å²) >= 11 is 0. The maximum Gasteiger partial charge on any atom is 0.320 e. The van der Waals surface area contributed by atoms with Crippen molar-refractivity contribution in [2.45, 2.75) is 38.5 Å². The Hall–Kier alpha value is -3.88. The maximum atomic E-state index is 6.30. The van der Waals surface area contributed by atoms with Gasteiger partial charge in [-0.1, -0.05) is 54.6 Å². The number of nitrogens with zero attached hydrogens (tertiary/aromatic N) is 4. The van der Waals surface area contributed by atoms with E-state index < -0.39 is 0 Å². The van der Waals surface area contributed by atoms with Crippen molar-refractivity contribution >= 4 is 16.5 Å². The van der Waals surface area contributed by atoms with Crippen molar-refractivity contribution in [3.05, 3.63) is 83.6 Å². The summed E-state index contributed by atoms with van der Waals surface area (Å²) in [6.07, 6.45) is 3.08. The van der Waals surface area contributed by atoms with Gasteiger partial charge >= 0.3 is 6.01 Å². The third-order valence-corrected chi connectivity index (χ3v) is 7.80. The van der Waals surface area contributed by atoms with Crippen LogP contribution in [0.2, 0.25) is 0 Å². The van der Waals surface area contributed by atoms with E-state index in [4.69, 9.17) is 28.9 Å². The lowest BCUT2D eigenvalue weighted by Gasteiger charge is -2.32. The number of likely N-dealkylation sites (N-methyl/N-ethyl adjacent to an activating group) is 1. The van der Waals surface area contributed by atoms with Crippen molar-refractivity contribution < 1.29 is 18.9 Å². The second-order valence-electron chi connectivity index (χ2n) is 10.5. The normalized spacial score (nSPS) is 17.1. The van der Waals surface area contributed by atoms with Crippen LogP contribution in [0, 0.1) is 0 Å². The molecule has 2 aliphatic heterocycles. The highest BCUT2D eigenvalue weighted by Gasteiger charge is 2.27. The minimum Gasteiger partial charge on any atom is -0.472 e. The van der Waals surface area contributed by atoms with Gasteiger partial charge in [0.25, 0.3) is 0 Å². The summed E-state index contributed by atoms with van der Waals surface area (Å²) in [5, 5.41) is 2.29. The predicted octanol–water partition coefficient (Wildman–Crippen LogP) is 5.23. The third-order valence-electron chi connectivity index (χ3n) is 7.80. The first kappa shape index (κ1) is 26.3. The monoisotopic (exact) mass is 540 g/mol. The van der Waals surface area contributed by atoms with Crippen LogP contribution < -0.4 is 19.1 Å². The van der Waals surface area contributed by atoms with E-state index in [1.165, 1.54) is 11.8 Å². The van der Waals surface area contributed by atoms with Gasteiger partial charge in [0.2, 0.25) is 5.88 Å². The van der Waals surface area contributed by atoms with E-state index in [0.29, 0.717) is 37.7 Å². The molecule has 0 spiro atoms. The largest absolute Gasteiger partial charge is 0.472 e. The van der Waals surface area contributed by atoms with Gasteiger partial charge in [-0.2, -0.15) is 9.97 Å².